The minimum Gasteiger partial charge on any atom is -0.325 e. The summed E-state index contributed by atoms with van der Waals surface area (Å²) in [6.07, 6.45) is 0.996. The summed E-state index contributed by atoms with van der Waals surface area (Å²) in [6.45, 7) is 5.37. The van der Waals surface area contributed by atoms with E-state index >= 15 is 0 Å². The minimum absolute atomic E-state index is 0.267. The Bertz CT molecular complexity index is 548. The molecule has 4 nitrogen and oxygen atoms in total. The van der Waals surface area contributed by atoms with Crippen LogP contribution in [-0.4, -0.2) is 15.0 Å². The minimum atomic E-state index is -0.267. The average molecular weight is 262 g/mol. The van der Waals surface area contributed by atoms with Crippen LogP contribution in [-0.2, 0) is 13.1 Å². The van der Waals surface area contributed by atoms with E-state index in [0.717, 1.165) is 24.2 Å². The molecule has 0 saturated carbocycles. The van der Waals surface area contributed by atoms with Gasteiger partial charge in [0.15, 0.2) is 0 Å². The molecule has 0 radical (unpaired) electrons. The highest BCUT2D eigenvalue weighted by Crippen LogP contribution is 2.23. The summed E-state index contributed by atoms with van der Waals surface area (Å²) in [6, 6.07) is 6.45. The van der Waals surface area contributed by atoms with E-state index in [1.54, 1.807) is 6.07 Å². The van der Waals surface area contributed by atoms with Crippen molar-refractivity contribution in [2.24, 2.45) is 11.7 Å². The Morgan fingerprint density at radius 1 is 1.37 bits per heavy atom. The van der Waals surface area contributed by atoms with Gasteiger partial charge in [0.05, 0.1) is 5.69 Å². The number of aryl methyl sites for hydroxylation is 1. The summed E-state index contributed by atoms with van der Waals surface area (Å²) in [7, 11) is 0. The summed E-state index contributed by atoms with van der Waals surface area (Å²) in [5.41, 5.74) is 7.98. The molecule has 0 aliphatic heterocycles. The number of rotatable bonds is 5. The third-order valence-electron chi connectivity index (χ3n) is 3.01. The fourth-order valence-electron chi connectivity index (χ4n) is 1.97. The molecule has 0 bridgehead atoms. The molecule has 0 fully saturated rings. The molecule has 102 valence electrons. The highest BCUT2D eigenvalue weighted by Gasteiger charge is 2.14. The third-order valence-corrected chi connectivity index (χ3v) is 3.01. The molecule has 2 rings (SSSR count). The zero-order chi connectivity index (χ0) is 13.8. The number of benzene rings is 1. The fourth-order valence-corrected chi connectivity index (χ4v) is 1.97. The molecule has 0 amide bonds. The first-order valence-electron chi connectivity index (χ1n) is 6.50. The Kier molecular flexibility index (Phi) is 4.27. The summed E-state index contributed by atoms with van der Waals surface area (Å²) < 4.78 is 15.2. The molecule has 2 N–H and O–H groups in total. The van der Waals surface area contributed by atoms with Crippen LogP contribution in [0.15, 0.2) is 24.3 Å². The lowest BCUT2D eigenvalue weighted by Crippen LogP contribution is -2.06. The van der Waals surface area contributed by atoms with E-state index in [1.807, 2.05) is 10.7 Å². The van der Waals surface area contributed by atoms with Gasteiger partial charge in [-0.05, 0) is 24.5 Å². The van der Waals surface area contributed by atoms with Gasteiger partial charge in [-0.1, -0.05) is 31.2 Å². The zero-order valence-electron chi connectivity index (χ0n) is 11.3. The molecule has 5 heteroatoms. The fraction of sp³-hybridized carbons (Fsp3) is 0.429. The Morgan fingerprint density at radius 2 is 2.16 bits per heavy atom. The molecule has 0 atom stereocenters. The summed E-state index contributed by atoms with van der Waals surface area (Å²) in [4.78, 5) is 0. The maximum atomic E-state index is 13.4. The van der Waals surface area contributed by atoms with Crippen LogP contribution in [0, 0.1) is 11.7 Å². The van der Waals surface area contributed by atoms with Crippen molar-refractivity contribution >= 4 is 0 Å². The Balaban J connectivity index is 2.38. The second-order valence-corrected chi connectivity index (χ2v) is 5.00. The van der Waals surface area contributed by atoms with E-state index in [1.165, 1.54) is 12.1 Å². The van der Waals surface area contributed by atoms with E-state index in [2.05, 4.69) is 24.2 Å². The molecule has 0 aliphatic rings. The Labute approximate surface area is 112 Å². The molecule has 0 aliphatic carbocycles. The first-order valence-corrected chi connectivity index (χ1v) is 6.50. The maximum absolute atomic E-state index is 13.4. The topological polar surface area (TPSA) is 56.7 Å². The number of nitrogens with two attached hydrogens (primary N) is 1. The molecule has 0 saturated heterocycles. The van der Waals surface area contributed by atoms with Gasteiger partial charge in [-0.2, -0.15) is 0 Å². The molecule has 2 aromatic rings. The highest BCUT2D eigenvalue weighted by atomic mass is 19.1. The summed E-state index contributed by atoms with van der Waals surface area (Å²) in [5.74, 6) is 0.308. The van der Waals surface area contributed by atoms with Crippen molar-refractivity contribution in [1.82, 2.24) is 15.0 Å². The van der Waals surface area contributed by atoms with Crippen LogP contribution in [0.2, 0.25) is 0 Å². The SMILES string of the molecule is CC(C)CCn1nnc(CN)c1-c1cccc(F)c1. The molecule has 0 spiro atoms. The van der Waals surface area contributed by atoms with Crippen molar-refractivity contribution in [3.8, 4) is 11.3 Å². The molecule has 0 unspecified atom stereocenters. The van der Waals surface area contributed by atoms with Crippen molar-refractivity contribution in [3.05, 3.63) is 35.8 Å². The predicted molar refractivity (Wildman–Crippen MR) is 72.8 cm³/mol. The summed E-state index contributed by atoms with van der Waals surface area (Å²) >= 11 is 0. The van der Waals surface area contributed by atoms with Crippen molar-refractivity contribution < 1.29 is 4.39 Å². The van der Waals surface area contributed by atoms with Crippen LogP contribution < -0.4 is 5.73 Å². The normalized spacial score (nSPS) is 11.2. The van der Waals surface area contributed by atoms with Crippen LogP contribution >= 0.6 is 0 Å². The molecule has 1 aromatic heterocycles. The van der Waals surface area contributed by atoms with Gasteiger partial charge in [0, 0.05) is 18.7 Å². The van der Waals surface area contributed by atoms with Gasteiger partial charge in [-0.3, -0.25) is 0 Å². The van der Waals surface area contributed by atoms with Gasteiger partial charge >= 0.3 is 0 Å². The van der Waals surface area contributed by atoms with Gasteiger partial charge in [0.1, 0.15) is 11.5 Å². The smallest absolute Gasteiger partial charge is 0.123 e. The van der Waals surface area contributed by atoms with Gasteiger partial charge in [0.2, 0.25) is 0 Å². The van der Waals surface area contributed by atoms with Crippen molar-refractivity contribution in [2.45, 2.75) is 33.4 Å². The maximum Gasteiger partial charge on any atom is 0.123 e. The van der Waals surface area contributed by atoms with Gasteiger partial charge in [-0.15, -0.1) is 5.10 Å². The van der Waals surface area contributed by atoms with Crippen molar-refractivity contribution in [3.63, 3.8) is 0 Å². The lowest BCUT2D eigenvalue weighted by molar-refractivity contribution is 0.481. The first-order chi connectivity index (χ1) is 9.11. The van der Waals surface area contributed by atoms with E-state index in [4.69, 9.17) is 5.73 Å². The van der Waals surface area contributed by atoms with Crippen LogP contribution in [0.5, 0.6) is 0 Å². The molecule has 19 heavy (non-hydrogen) atoms. The van der Waals surface area contributed by atoms with E-state index < -0.39 is 0 Å². The van der Waals surface area contributed by atoms with Crippen LogP contribution in [0.25, 0.3) is 11.3 Å². The molecular formula is C14H19FN4. The summed E-state index contributed by atoms with van der Waals surface area (Å²) in [5, 5.41) is 8.21. The highest BCUT2D eigenvalue weighted by molar-refractivity contribution is 5.61. The van der Waals surface area contributed by atoms with Gasteiger partial charge in [0.25, 0.3) is 0 Å². The monoisotopic (exact) mass is 262 g/mol. The predicted octanol–water partition coefficient (Wildman–Crippen LogP) is 2.59. The molecule has 1 aromatic carbocycles. The number of aromatic nitrogens is 3. The molecular weight excluding hydrogens is 243 g/mol. The number of hydrogen-bond donors (Lipinski definition) is 1. The van der Waals surface area contributed by atoms with E-state index in [0.29, 0.717) is 18.2 Å². The van der Waals surface area contributed by atoms with Crippen LogP contribution in [0.1, 0.15) is 26.0 Å². The third kappa shape index (κ3) is 3.17. The van der Waals surface area contributed by atoms with E-state index in [9.17, 15) is 4.39 Å². The Hall–Kier alpha value is -1.75. The number of halogens is 1. The molecule has 1 heterocycles. The van der Waals surface area contributed by atoms with Gasteiger partial charge < -0.3 is 5.73 Å². The second-order valence-electron chi connectivity index (χ2n) is 5.00. The Morgan fingerprint density at radius 3 is 2.79 bits per heavy atom. The van der Waals surface area contributed by atoms with Gasteiger partial charge in [-0.25, -0.2) is 9.07 Å². The average Bonchev–Trinajstić information content (AvgIpc) is 2.79. The van der Waals surface area contributed by atoms with Crippen LogP contribution in [0.3, 0.4) is 0 Å². The first kappa shape index (κ1) is 13.7. The lowest BCUT2D eigenvalue weighted by Gasteiger charge is -2.09. The zero-order valence-corrected chi connectivity index (χ0v) is 11.3. The second kappa shape index (κ2) is 5.93. The largest absolute Gasteiger partial charge is 0.325 e. The standard InChI is InChI=1S/C14H19FN4/c1-10(2)6-7-19-14(13(9-16)17-18-19)11-4-3-5-12(15)8-11/h3-5,8,10H,6-7,9,16H2,1-2H3. The van der Waals surface area contributed by atoms with E-state index in [-0.39, 0.29) is 5.82 Å². The number of nitrogens with zero attached hydrogens (tertiary/aromatic N) is 3. The lowest BCUT2D eigenvalue weighted by atomic mass is 10.1. The number of hydrogen-bond acceptors (Lipinski definition) is 3. The quantitative estimate of drug-likeness (QED) is 0.901. The van der Waals surface area contributed by atoms with Crippen molar-refractivity contribution in [2.75, 3.05) is 0 Å². The van der Waals surface area contributed by atoms with Crippen molar-refractivity contribution in [1.29, 1.82) is 0 Å². The van der Waals surface area contributed by atoms with Crippen LogP contribution in [0.4, 0.5) is 4.39 Å².